The summed E-state index contributed by atoms with van der Waals surface area (Å²) in [6.07, 6.45) is 0. The van der Waals surface area contributed by atoms with E-state index in [1.807, 2.05) is 50.5 Å². The monoisotopic (exact) mass is 564 g/mol. The molecule has 0 saturated carbocycles. The lowest BCUT2D eigenvalue weighted by Gasteiger charge is -2.27. The van der Waals surface area contributed by atoms with Crippen LogP contribution in [0.5, 0.6) is 0 Å². The van der Waals surface area contributed by atoms with Crippen molar-refractivity contribution in [2.45, 2.75) is 45.4 Å². The number of anilines is 1. The number of hydrogen-bond donors (Lipinski definition) is 2. The first kappa shape index (κ1) is 29.3. The zero-order valence-corrected chi connectivity index (χ0v) is 24.2. The van der Waals surface area contributed by atoms with Gasteiger partial charge >= 0.3 is 0 Å². The Kier molecular flexibility index (Phi) is 9.94. The lowest BCUT2D eigenvalue weighted by molar-refractivity contribution is -0.113. The maximum absolute atomic E-state index is 13.0. The van der Waals surface area contributed by atoms with E-state index in [1.54, 1.807) is 35.2 Å². The van der Waals surface area contributed by atoms with E-state index < -0.39 is 0 Å². The molecule has 0 aliphatic carbocycles. The van der Waals surface area contributed by atoms with E-state index in [0.717, 1.165) is 5.56 Å². The Morgan fingerprint density at radius 2 is 1.75 bits per heavy atom. The highest BCUT2D eigenvalue weighted by Crippen LogP contribution is 2.26. The minimum absolute atomic E-state index is 0.0665. The second kappa shape index (κ2) is 13.6. The van der Waals surface area contributed by atoms with Gasteiger partial charge in [-0.1, -0.05) is 49.4 Å². The molecule has 0 unspecified atom stereocenters. The number of carbonyl (C=O) groups excluding carboxylic acids is 3. The molecule has 3 amide bonds. The number of thioether (sulfide) groups is 1. The standard InChI is InChI=1S/C29H36N6O4S/c1-5-35-26(25(19(2)3)31-27(37)21-9-6-8-20(4)16-21)32-33-29(35)40-18-24(36)30-23-11-7-10-22(17-23)28(38)34-12-14-39-15-13-34/h6-11,16-17,19,25H,5,12-15,18H2,1-4H3,(H,30,36)(H,31,37)/t25-/m0/s1. The molecule has 1 aromatic heterocycles. The van der Waals surface area contributed by atoms with Crippen molar-refractivity contribution in [3.63, 3.8) is 0 Å². The minimum atomic E-state index is -0.351. The minimum Gasteiger partial charge on any atom is -0.378 e. The Hall–Kier alpha value is -3.70. The van der Waals surface area contributed by atoms with Gasteiger partial charge in [-0.2, -0.15) is 0 Å². The highest BCUT2D eigenvalue weighted by Gasteiger charge is 2.26. The van der Waals surface area contributed by atoms with Crippen LogP contribution in [0.3, 0.4) is 0 Å². The second-order valence-corrected chi connectivity index (χ2v) is 10.9. The average molecular weight is 565 g/mol. The van der Waals surface area contributed by atoms with Gasteiger partial charge in [-0.25, -0.2) is 0 Å². The lowest BCUT2D eigenvalue weighted by atomic mass is 10.0. The zero-order valence-electron chi connectivity index (χ0n) is 23.3. The number of carbonyl (C=O) groups is 3. The normalized spacial score (nSPS) is 14.2. The molecule has 2 N–H and O–H groups in total. The first-order valence-electron chi connectivity index (χ1n) is 13.5. The second-order valence-electron chi connectivity index (χ2n) is 9.97. The zero-order chi connectivity index (χ0) is 28.6. The number of nitrogens with one attached hydrogen (secondary N) is 2. The number of hydrogen-bond acceptors (Lipinski definition) is 7. The summed E-state index contributed by atoms with van der Waals surface area (Å²) in [5.74, 6) is 0.360. The molecule has 3 aromatic rings. The van der Waals surface area contributed by atoms with Crippen LogP contribution in [0.4, 0.5) is 5.69 Å². The average Bonchev–Trinajstić information content (AvgIpc) is 3.37. The topological polar surface area (TPSA) is 118 Å². The number of morpholine rings is 1. The number of aryl methyl sites for hydroxylation is 1. The molecule has 0 radical (unpaired) electrons. The highest BCUT2D eigenvalue weighted by molar-refractivity contribution is 7.99. The summed E-state index contributed by atoms with van der Waals surface area (Å²) in [6, 6.07) is 14.1. The van der Waals surface area contributed by atoms with Gasteiger partial charge in [0.15, 0.2) is 11.0 Å². The summed E-state index contributed by atoms with van der Waals surface area (Å²) in [5.41, 5.74) is 2.68. The largest absolute Gasteiger partial charge is 0.378 e. The summed E-state index contributed by atoms with van der Waals surface area (Å²) < 4.78 is 7.26. The molecule has 0 spiro atoms. The fraction of sp³-hybridized carbons (Fsp3) is 0.414. The molecule has 11 heteroatoms. The number of nitrogens with zero attached hydrogens (tertiary/aromatic N) is 4. The van der Waals surface area contributed by atoms with Crippen LogP contribution >= 0.6 is 11.8 Å². The van der Waals surface area contributed by atoms with E-state index >= 15 is 0 Å². The van der Waals surface area contributed by atoms with Gasteiger partial charge in [-0.15, -0.1) is 10.2 Å². The summed E-state index contributed by atoms with van der Waals surface area (Å²) >= 11 is 1.27. The summed E-state index contributed by atoms with van der Waals surface area (Å²) in [7, 11) is 0. The van der Waals surface area contributed by atoms with Crippen molar-refractivity contribution in [2.75, 3.05) is 37.4 Å². The summed E-state index contributed by atoms with van der Waals surface area (Å²) in [6.45, 7) is 10.7. The Morgan fingerprint density at radius 3 is 2.45 bits per heavy atom. The number of aromatic nitrogens is 3. The van der Waals surface area contributed by atoms with Crippen LogP contribution in [0.2, 0.25) is 0 Å². The predicted molar refractivity (Wildman–Crippen MR) is 154 cm³/mol. The number of amides is 3. The van der Waals surface area contributed by atoms with Gasteiger partial charge in [0.1, 0.15) is 0 Å². The van der Waals surface area contributed by atoms with Crippen molar-refractivity contribution in [3.8, 4) is 0 Å². The predicted octanol–water partition coefficient (Wildman–Crippen LogP) is 3.94. The maximum Gasteiger partial charge on any atom is 0.254 e. The summed E-state index contributed by atoms with van der Waals surface area (Å²) in [5, 5.41) is 15.3. The third kappa shape index (κ3) is 7.28. The Bertz CT molecular complexity index is 1350. The van der Waals surface area contributed by atoms with E-state index in [0.29, 0.717) is 60.6 Å². The number of ether oxygens (including phenoxy) is 1. The molecule has 212 valence electrons. The molecule has 1 fully saturated rings. The Labute approximate surface area is 238 Å². The number of rotatable bonds is 10. The first-order chi connectivity index (χ1) is 19.3. The fourth-order valence-electron chi connectivity index (χ4n) is 4.48. The molecule has 1 aliphatic heterocycles. The molecule has 1 atom stereocenters. The van der Waals surface area contributed by atoms with Crippen LogP contribution in [0.1, 0.15) is 58.9 Å². The molecular formula is C29H36N6O4S. The molecule has 0 bridgehead atoms. The van der Waals surface area contributed by atoms with Gasteiger partial charge in [0.25, 0.3) is 11.8 Å². The van der Waals surface area contributed by atoms with Crippen LogP contribution in [0.15, 0.2) is 53.7 Å². The lowest BCUT2D eigenvalue weighted by Crippen LogP contribution is -2.40. The van der Waals surface area contributed by atoms with Crippen LogP contribution in [-0.4, -0.2) is 69.4 Å². The van der Waals surface area contributed by atoms with Crippen LogP contribution in [0.25, 0.3) is 0 Å². The highest BCUT2D eigenvalue weighted by atomic mass is 32.2. The molecular weight excluding hydrogens is 528 g/mol. The van der Waals surface area contributed by atoms with Crippen molar-refractivity contribution in [1.29, 1.82) is 0 Å². The quantitative estimate of drug-likeness (QED) is 0.358. The fourth-order valence-corrected chi connectivity index (χ4v) is 5.29. The Balaban J connectivity index is 1.40. The van der Waals surface area contributed by atoms with Gasteiger partial charge < -0.3 is 24.8 Å². The molecule has 10 nitrogen and oxygen atoms in total. The number of benzene rings is 2. The van der Waals surface area contributed by atoms with Crippen LogP contribution in [-0.2, 0) is 16.1 Å². The Morgan fingerprint density at radius 1 is 1.02 bits per heavy atom. The van der Waals surface area contributed by atoms with Crippen LogP contribution in [0, 0.1) is 12.8 Å². The van der Waals surface area contributed by atoms with Gasteiger partial charge in [0.05, 0.1) is 25.0 Å². The molecule has 1 saturated heterocycles. The van der Waals surface area contributed by atoms with Gasteiger partial charge in [0.2, 0.25) is 5.91 Å². The molecule has 1 aliphatic rings. The van der Waals surface area contributed by atoms with E-state index in [2.05, 4.69) is 20.8 Å². The molecule has 2 aromatic carbocycles. The van der Waals surface area contributed by atoms with Crippen molar-refractivity contribution in [3.05, 3.63) is 71.0 Å². The SMILES string of the molecule is CCn1c(SCC(=O)Nc2cccc(C(=O)N3CCOCC3)c2)nnc1[C@@H](NC(=O)c1cccc(C)c1)C(C)C. The third-order valence-electron chi connectivity index (χ3n) is 6.60. The first-order valence-corrected chi connectivity index (χ1v) is 14.5. The third-order valence-corrected chi connectivity index (χ3v) is 7.56. The van der Waals surface area contributed by atoms with Crippen molar-refractivity contribution < 1.29 is 19.1 Å². The van der Waals surface area contributed by atoms with Gasteiger partial charge in [0, 0.05) is 36.4 Å². The molecule has 2 heterocycles. The summed E-state index contributed by atoms with van der Waals surface area (Å²) in [4.78, 5) is 40.3. The molecule has 40 heavy (non-hydrogen) atoms. The van der Waals surface area contributed by atoms with E-state index in [1.165, 1.54) is 11.8 Å². The van der Waals surface area contributed by atoms with Crippen molar-refractivity contribution >= 4 is 35.2 Å². The van der Waals surface area contributed by atoms with Gasteiger partial charge in [-0.05, 0) is 50.1 Å². The van der Waals surface area contributed by atoms with Crippen molar-refractivity contribution in [2.24, 2.45) is 5.92 Å². The van der Waals surface area contributed by atoms with E-state index in [-0.39, 0.29) is 35.4 Å². The van der Waals surface area contributed by atoms with Crippen molar-refractivity contribution in [1.82, 2.24) is 25.0 Å². The van der Waals surface area contributed by atoms with E-state index in [4.69, 9.17) is 4.74 Å². The maximum atomic E-state index is 13.0. The van der Waals surface area contributed by atoms with E-state index in [9.17, 15) is 14.4 Å². The molecule has 4 rings (SSSR count). The van der Waals surface area contributed by atoms with Gasteiger partial charge in [-0.3, -0.25) is 14.4 Å². The van der Waals surface area contributed by atoms with Crippen LogP contribution < -0.4 is 10.6 Å². The smallest absolute Gasteiger partial charge is 0.254 e.